The third-order valence-electron chi connectivity index (χ3n) is 3.23. The quantitative estimate of drug-likeness (QED) is 0.757. The standard InChI is InChI=1S/C11H17N3/c1-11(3-4-11)9(12)6-8-2-5-14-10(13)7-8/h2,5,7,9H,3-4,6,12H2,1H3,(H2,13,14). The molecule has 0 saturated heterocycles. The maximum atomic E-state index is 6.13. The van der Waals surface area contributed by atoms with Crippen LogP contribution in [0.3, 0.4) is 0 Å². The maximum Gasteiger partial charge on any atom is 0.123 e. The largest absolute Gasteiger partial charge is 0.384 e. The van der Waals surface area contributed by atoms with Crippen molar-refractivity contribution in [2.45, 2.75) is 32.2 Å². The van der Waals surface area contributed by atoms with Gasteiger partial charge in [-0.3, -0.25) is 0 Å². The lowest BCUT2D eigenvalue weighted by molar-refractivity contribution is 0.433. The van der Waals surface area contributed by atoms with Crippen LogP contribution in [0.15, 0.2) is 18.3 Å². The minimum atomic E-state index is 0.254. The third kappa shape index (κ3) is 1.87. The van der Waals surface area contributed by atoms with Gasteiger partial charge in [0.15, 0.2) is 0 Å². The van der Waals surface area contributed by atoms with Crippen LogP contribution in [-0.4, -0.2) is 11.0 Å². The molecule has 4 N–H and O–H groups in total. The first-order valence-corrected chi connectivity index (χ1v) is 5.06. The molecule has 2 rings (SSSR count). The fraction of sp³-hybridized carbons (Fsp3) is 0.545. The van der Waals surface area contributed by atoms with E-state index in [0.29, 0.717) is 11.2 Å². The number of hydrogen-bond acceptors (Lipinski definition) is 3. The van der Waals surface area contributed by atoms with Crippen molar-refractivity contribution in [1.29, 1.82) is 0 Å². The van der Waals surface area contributed by atoms with E-state index in [9.17, 15) is 0 Å². The molecule has 0 aromatic carbocycles. The van der Waals surface area contributed by atoms with Crippen LogP contribution >= 0.6 is 0 Å². The molecule has 0 radical (unpaired) electrons. The van der Waals surface area contributed by atoms with Crippen molar-refractivity contribution in [3.8, 4) is 0 Å². The van der Waals surface area contributed by atoms with Crippen molar-refractivity contribution in [3.05, 3.63) is 23.9 Å². The lowest BCUT2D eigenvalue weighted by Crippen LogP contribution is -2.31. The first-order valence-electron chi connectivity index (χ1n) is 5.06. The van der Waals surface area contributed by atoms with Gasteiger partial charge in [0, 0.05) is 12.2 Å². The molecule has 1 saturated carbocycles. The van der Waals surface area contributed by atoms with Crippen molar-refractivity contribution >= 4 is 5.82 Å². The van der Waals surface area contributed by atoms with E-state index < -0.39 is 0 Å². The predicted molar refractivity (Wildman–Crippen MR) is 57.7 cm³/mol. The number of nitrogens with two attached hydrogens (primary N) is 2. The van der Waals surface area contributed by atoms with Gasteiger partial charge in [-0.05, 0) is 42.4 Å². The lowest BCUT2D eigenvalue weighted by atomic mass is 9.94. The summed E-state index contributed by atoms with van der Waals surface area (Å²) < 4.78 is 0. The molecule has 1 aliphatic carbocycles. The molecule has 1 atom stereocenters. The van der Waals surface area contributed by atoms with Crippen molar-refractivity contribution in [2.24, 2.45) is 11.1 Å². The molecule has 0 spiro atoms. The van der Waals surface area contributed by atoms with Crippen LogP contribution in [0, 0.1) is 5.41 Å². The molecule has 76 valence electrons. The van der Waals surface area contributed by atoms with Gasteiger partial charge in [0.05, 0.1) is 0 Å². The van der Waals surface area contributed by atoms with Crippen LogP contribution in [0.2, 0.25) is 0 Å². The third-order valence-corrected chi connectivity index (χ3v) is 3.23. The second kappa shape index (κ2) is 3.24. The molecule has 3 nitrogen and oxygen atoms in total. The molecule has 1 fully saturated rings. The van der Waals surface area contributed by atoms with Crippen LogP contribution in [-0.2, 0) is 6.42 Å². The zero-order valence-electron chi connectivity index (χ0n) is 8.53. The molecular weight excluding hydrogens is 174 g/mol. The SMILES string of the molecule is CC1(C(N)Cc2ccnc(N)c2)CC1. The molecule has 0 bridgehead atoms. The zero-order chi connectivity index (χ0) is 10.2. The van der Waals surface area contributed by atoms with Gasteiger partial charge < -0.3 is 11.5 Å². The Bertz CT molecular complexity index is 331. The molecule has 1 aromatic heterocycles. The summed E-state index contributed by atoms with van der Waals surface area (Å²) in [6.45, 7) is 2.25. The number of nitrogen functional groups attached to an aromatic ring is 1. The van der Waals surface area contributed by atoms with Gasteiger partial charge in [-0.25, -0.2) is 4.98 Å². The minimum absolute atomic E-state index is 0.254. The topological polar surface area (TPSA) is 64.9 Å². The molecule has 1 aromatic rings. The zero-order valence-corrected chi connectivity index (χ0v) is 8.53. The van der Waals surface area contributed by atoms with Gasteiger partial charge in [0.25, 0.3) is 0 Å². The summed E-state index contributed by atoms with van der Waals surface area (Å²) in [5.74, 6) is 0.579. The molecule has 1 heterocycles. The van der Waals surface area contributed by atoms with Gasteiger partial charge >= 0.3 is 0 Å². The second-order valence-corrected chi connectivity index (χ2v) is 4.55. The van der Waals surface area contributed by atoms with Crippen molar-refractivity contribution in [2.75, 3.05) is 5.73 Å². The number of anilines is 1. The summed E-state index contributed by atoms with van der Waals surface area (Å²) in [5.41, 5.74) is 13.3. The highest BCUT2D eigenvalue weighted by Gasteiger charge is 2.42. The molecule has 0 amide bonds. The summed E-state index contributed by atoms with van der Waals surface area (Å²) in [7, 11) is 0. The maximum absolute atomic E-state index is 6.13. The Hall–Kier alpha value is -1.09. The minimum Gasteiger partial charge on any atom is -0.384 e. The van der Waals surface area contributed by atoms with Gasteiger partial charge in [0.2, 0.25) is 0 Å². The van der Waals surface area contributed by atoms with Crippen LogP contribution in [0.25, 0.3) is 0 Å². The fourth-order valence-corrected chi connectivity index (χ4v) is 1.69. The average Bonchev–Trinajstić information content (AvgIpc) is 2.85. The second-order valence-electron chi connectivity index (χ2n) is 4.55. The Kier molecular flexibility index (Phi) is 2.19. The number of aromatic nitrogens is 1. The summed E-state index contributed by atoms with van der Waals surface area (Å²) >= 11 is 0. The summed E-state index contributed by atoms with van der Waals surface area (Å²) in [5, 5.41) is 0. The Morgan fingerprint density at radius 1 is 1.57 bits per heavy atom. The predicted octanol–water partition coefficient (Wildman–Crippen LogP) is 1.33. The highest BCUT2D eigenvalue weighted by molar-refractivity contribution is 5.32. The summed E-state index contributed by atoms with van der Waals surface area (Å²) in [6.07, 6.45) is 5.17. The Morgan fingerprint density at radius 2 is 2.29 bits per heavy atom. The van der Waals surface area contributed by atoms with E-state index in [2.05, 4.69) is 11.9 Å². The normalized spacial score (nSPS) is 20.4. The van der Waals surface area contributed by atoms with E-state index in [1.165, 1.54) is 18.4 Å². The smallest absolute Gasteiger partial charge is 0.123 e. The Labute approximate surface area is 84.5 Å². The molecule has 14 heavy (non-hydrogen) atoms. The van der Waals surface area contributed by atoms with Crippen LogP contribution in [0.4, 0.5) is 5.82 Å². The van der Waals surface area contributed by atoms with Gasteiger partial charge in [-0.1, -0.05) is 6.92 Å². The number of rotatable bonds is 3. The van der Waals surface area contributed by atoms with E-state index in [0.717, 1.165) is 6.42 Å². The van der Waals surface area contributed by atoms with E-state index in [4.69, 9.17) is 11.5 Å². The van der Waals surface area contributed by atoms with Crippen molar-refractivity contribution in [1.82, 2.24) is 4.98 Å². The van der Waals surface area contributed by atoms with E-state index in [1.54, 1.807) is 6.20 Å². The fourth-order valence-electron chi connectivity index (χ4n) is 1.69. The Balaban J connectivity index is 2.03. The monoisotopic (exact) mass is 191 g/mol. The number of hydrogen-bond donors (Lipinski definition) is 2. The number of pyridine rings is 1. The first kappa shape index (κ1) is 9.46. The highest BCUT2D eigenvalue weighted by atomic mass is 14.8. The summed E-state index contributed by atoms with van der Waals surface area (Å²) in [6, 6.07) is 4.15. The van der Waals surface area contributed by atoms with Gasteiger partial charge in [-0.2, -0.15) is 0 Å². The summed E-state index contributed by atoms with van der Waals surface area (Å²) in [4.78, 5) is 3.96. The molecule has 1 aliphatic rings. The average molecular weight is 191 g/mol. The van der Waals surface area contributed by atoms with Gasteiger partial charge in [-0.15, -0.1) is 0 Å². The van der Waals surface area contributed by atoms with Crippen LogP contribution < -0.4 is 11.5 Å². The number of nitrogens with zero attached hydrogens (tertiary/aromatic N) is 1. The van der Waals surface area contributed by atoms with Crippen LogP contribution in [0.5, 0.6) is 0 Å². The van der Waals surface area contributed by atoms with E-state index in [-0.39, 0.29) is 6.04 Å². The first-order chi connectivity index (χ1) is 6.60. The lowest BCUT2D eigenvalue weighted by Gasteiger charge is -2.18. The van der Waals surface area contributed by atoms with Crippen LogP contribution in [0.1, 0.15) is 25.3 Å². The van der Waals surface area contributed by atoms with Crippen molar-refractivity contribution < 1.29 is 0 Å². The van der Waals surface area contributed by atoms with Crippen molar-refractivity contribution in [3.63, 3.8) is 0 Å². The Morgan fingerprint density at radius 3 is 2.86 bits per heavy atom. The molecule has 1 unspecified atom stereocenters. The van der Waals surface area contributed by atoms with E-state index >= 15 is 0 Å². The highest BCUT2D eigenvalue weighted by Crippen LogP contribution is 2.48. The molecule has 3 heteroatoms. The molecule has 0 aliphatic heterocycles. The van der Waals surface area contributed by atoms with E-state index in [1.807, 2.05) is 12.1 Å². The van der Waals surface area contributed by atoms with Gasteiger partial charge in [0.1, 0.15) is 5.82 Å². The molecular formula is C11H17N3.